The summed E-state index contributed by atoms with van der Waals surface area (Å²) in [5.74, 6) is -1.36. The smallest absolute Gasteiger partial charge is 0.295 e. The Hall–Kier alpha value is -2.90. The van der Waals surface area contributed by atoms with E-state index in [0.29, 0.717) is 18.7 Å². The molecule has 30 heavy (non-hydrogen) atoms. The van der Waals surface area contributed by atoms with Gasteiger partial charge in [0.1, 0.15) is 5.76 Å². The molecule has 5 rings (SSSR count). The molecule has 3 aromatic rings. The zero-order chi connectivity index (χ0) is 20.8. The van der Waals surface area contributed by atoms with Crippen molar-refractivity contribution >= 4 is 39.7 Å². The van der Waals surface area contributed by atoms with E-state index in [-0.39, 0.29) is 17.4 Å². The number of hydrogen-bond donors (Lipinski definition) is 2. The monoisotopic (exact) mass is 422 g/mol. The number of carbonyl (C=O) groups excluding carboxylic acids is 2. The molecule has 0 saturated carbocycles. The van der Waals surface area contributed by atoms with Gasteiger partial charge >= 0.3 is 0 Å². The Balaban J connectivity index is 1.66. The Labute approximate surface area is 177 Å². The molecule has 0 bridgehead atoms. The number of amides is 1. The van der Waals surface area contributed by atoms with Gasteiger partial charge in [0.25, 0.3) is 11.7 Å². The molecule has 154 valence electrons. The number of aryl methyl sites for hydroxylation is 1. The molecule has 2 fully saturated rings. The van der Waals surface area contributed by atoms with Crippen molar-refractivity contribution < 1.29 is 19.4 Å². The molecule has 1 amide bonds. The number of H-pyrrole nitrogens is 1. The number of thiophene rings is 1. The predicted octanol–water partition coefficient (Wildman–Crippen LogP) is 4.14. The van der Waals surface area contributed by atoms with Crippen molar-refractivity contribution in [3.63, 3.8) is 0 Å². The van der Waals surface area contributed by atoms with Crippen molar-refractivity contribution in [1.82, 2.24) is 9.88 Å². The first-order valence-corrected chi connectivity index (χ1v) is 10.9. The Morgan fingerprint density at radius 1 is 1.30 bits per heavy atom. The van der Waals surface area contributed by atoms with E-state index in [0.717, 1.165) is 34.2 Å². The van der Waals surface area contributed by atoms with Crippen LogP contribution in [0.4, 0.5) is 0 Å². The van der Waals surface area contributed by atoms with Gasteiger partial charge in [0, 0.05) is 40.7 Å². The second kappa shape index (κ2) is 7.41. The summed E-state index contributed by atoms with van der Waals surface area (Å²) in [6, 6.07) is 8.93. The maximum atomic E-state index is 13.1. The van der Waals surface area contributed by atoms with E-state index in [9.17, 15) is 14.7 Å². The van der Waals surface area contributed by atoms with Crippen molar-refractivity contribution in [2.45, 2.75) is 31.9 Å². The molecular formula is C23H22N2O4S. The number of ether oxygens (including phenoxy) is 1. The molecule has 2 aliphatic rings. The lowest BCUT2D eigenvalue weighted by Gasteiger charge is -2.27. The van der Waals surface area contributed by atoms with Crippen LogP contribution in [0.15, 0.2) is 47.5 Å². The molecule has 2 aromatic heterocycles. The number of hydrogen-bond acceptors (Lipinski definition) is 5. The lowest BCUT2D eigenvalue weighted by atomic mass is 9.98. The van der Waals surface area contributed by atoms with Crippen LogP contribution in [0.5, 0.6) is 0 Å². The van der Waals surface area contributed by atoms with E-state index < -0.39 is 17.7 Å². The molecule has 7 heteroatoms. The Morgan fingerprint density at radius 2 is 2.13 bits per heavy atom. The Morgan fingerprint density at radius 3 is 2.87 bits per heavy atom. The summed E-state index contributed by atoms with van der Waals surface area (Å²) < 4.78 is 5.73. The number of benzene rings is 1. The number of aromatic amines is 1. The molecule has 2 saturated heterocycles. The molecule has 0 aliphatic carbocycles. The summed E-state index contributed by atoms with van der Waals surface area (Å²) in [7, 11) is 0. The second-order valence-electron chi connectivity index (χ2n) is 7.80. The topological polar surface area (TPSA) is 82.6 Å². The SMILES string of the molecule is Cc1ccsc1C1/C(=C(\O)c2c[nH]c3ccccc23)C(=O)C(=O)N1CC1CCCO1. The first-order valence-electron chi connectivity index (χ1n) is 10.1. The lowest BCUT2D eigenvalue weighted by Crippen LogP contribution is -2.36. The van der Waals surface area contributed by atoms with Gasteiger partial charge in [0.15, 0.2) is 0 Å². The number of nitrogens with one attached hydrogen (secondary N) is 1. The van der Waals surface area contributed by atoms with Gasteiger partial charge in [-0.1, -0.05) is 18.2 Å². The number of fused-ring (bicyclic) bond motifs is 1. The van der Waals surface area contributed by atoms with Crippen molar-refractivity contribution in [2.24, 2.45) is 0 Å². The van der Waals surface area contributed by atoms with Gasteiger partial charge in [-0.15, -0.1) is 11.3 Å². The normalized spacial score (nSPS) is 23.7. The second-order valence-corrected chi connectivity index (χ2v) is 8.75. The number of rotatable bonds is 4. The zero-order valence-electron chi connectivity index (χ0n) is 16.6. The summed E-state index contributed by atoms with van der Waals surface area (Å²) >= 11 is 1.49. The highest BCUT2D eigenvalue weighted by molar-refractivity contribution is 7.10. The standard InChI is InChI=1S/C23H22N2O4S/c1-13-8-10-30-22(13)19-18(20(26)16-11-24-17-7-3-2-6-15(16)17)21(27)23(28)25(19)12-14-5-4-9-29-14/h2-3,6-8,10-11,14,19,24,26H,4-5,9,12H2,1H3/b20-18+. The van der Waals surface area contributed by atoms with Gasteiger partial charge in [0.05, 0.1) is 17.7 Å². The van der Waals surface area contributed by atoms with Crippen LogP contribution in [-0.4, -0.2) is 45.9 Å². The largest absolute Gasteiger partial charge is 0.507 e. The molecule has 0 radical (unpaired) electrons. The van der Waals surface area contributed by atoms with Crippen LogP contribution >= 0.6 is 11.3 Å². The van der Waals surface area contributed by atoms with Crippen LogP contribution < -0.4 is 0 Å². The van der Waals surface area contributed by atoms with Gasteiger partial charge < -0.3 is 19.7 Å². The van der Waals surface area contributed by atoms with Crippen LogP contribution in [0.1, 0.15) is 34.9 Å². The van der Waals surface area contributed by atoms with Crippen LogP contribution in [0.25, 0.3) is 16.7 Å². The fourth-order valence-corrected chi connectivity index (χ4v) is 5.47. The number of para-hydroxylation sites is 1. The first kappa shape index (κ1) is 19.1. The predicted molar refractivity (Wildman–Crippen MR) is 115 cm³/mol. The number of aliphatic hydroxyl groups excluding tert-OH is 1. The van der Waals surface area contributed by atoms with Crippen molar-refractivity contribution in [2.75, 3.05) is 13.2 Å². The molecule has 2 atom stereocenters. The molecule has 0 spiro atoms. The van der Waals surface area contributed by atoms with E-state index in [2.05, 4.69) is 4.98 Å². The fraction of sp³-hybridized carbons (Fsp3) is 0.304. The average molecular weight is 423 g/mol. The molecule has 2 unspecified atom stereocenters. The van der Waals surface area contributed by atoms with Crippen molar-refractivity contribution in [3.05, 3.63) is 63.5 Å². The summed E-state index contributed by atoms with van der Waals surface area (Å²) in [6.07, 6.45) is 3.42. The summed E-state index contributed by atoms with van der Waals surface area (Å²) in [5.41, 5.74) is 2.53. The number of aromatic nitrogens is 1. The van der Waals surface area contributed by atoms with Crippen LogP contribution in [0.3, 0.4) is 0 Å². The quantitative estimate of drug-likeness (QED) is 0.376. The minimum absolute atomic E-state index is 0.0842. The highest BCUT2D eigenvalue weighted by atomic mass is 32.1. The first-order chi connectivity index (χ1) is 14.6. The minimum Gasteiger partial charge on any atom is -0.507 e. The lowest BCUT2D eigenvalue weighted by molar-refractivity contribution is -0.140. The summed E-state index contributed by atoms with van der Waals surface area (Å²) in [6.45, 7) is 2.98. The number of carbonyl (C=O) groups is 2. The number of ketones is 1. The number of aliphatic hydroxyl groups is 1. The van der Waals surface area contributed by atoms with Gasteiger partial charge in [-0.05, 0) is 42.8 Å². The third-order valence-corrected chi connectivity index (χ3v) is 7.03. The van der Waals surface area contributed by atoms with Crippen LogP contribution in [-0.2, 0) is 14.3 Å². The number of nitrogens with zero attached hydrogens (tertiary/aromatic N) is 1. The third kappa shape index (κ3) is 2.97. The summed E-state index contributed by atoms with van der Waals surface area (Å²) in [4.78, 5) is 31.8. The van der Waals surface area contributed by atoms with Crippen LogP contribution in [0.2, 0.25) is 0 Å². The van der Waals surface area contributed by atoms with E-state index >= 15 is 0 Å². The molecule has 1 aromatic carbocycles. The van der Waals surface area contributed by atoms with Gasteiger partial charge in [-0.2, -0.15) is 0 Å². The number of Topliss-reactive ketones (excluding diaryl/α,β-unsaturated/α-hetero) is 1. The molecule has 4 heterocycles. The third-order valence-electron chi connectivity index (χ3n) is 5.96. The highest BCUT2D eigenvalue weighted by Crippen LogP contribution is 2.43. The highest BCUT2D eigenvalue weighted by Gasteiger charge is 2.48. The zero-order valence-corrected chi connectivity index (χ0v) is 17.4. The average Bonchev–Trinajstić information content (AvgIpc) is 3.52. The van der Waals surface area contributed by atoms with Gasteiger partial charge in [0.2, 0.25) is 0 Å². The van der Waals surface area contributed by atoms with Gasteiger partial charge in [-0.25, -0.2) is 0 Å². The van der Waals surface area contributed by atoms with E-state index in [1.165, 1.54) is 11.3 Å². The molecule has 6 nitrogen and oxygen atoms in total. The maximum absolute atomic E-state index is 13.1. The molecule has 2 N–H and O–H groups in total. The van der Waals surface area contributed by atoms with Crippen LogP contribution in [0, 0.1) is 6.92 Å². The van der Waals surface area contributed by atoms with E-state index in [4.69, 9.17) is 4.74 Å². The van der Waals surface area contributed by atoms with E-state index in [1.807, 2.05) is 42.6 Å². The van der Waals surface area contributed by atoms with E-state index in [1.54, 1.807) is 11.1 Å². The fourth-order valence-electron chi connectivity index (χ4n) is 4.43. The maximum Gasteiger partial charge on any atom is 0.295 e. The van der Waals surface area contributed by atoms with Gasteiger partial charge in [-0.3, -0.25) is 9.59 Å². The molecule has 2 aliphatic heterocycles. The Kier molecular flexibility index (Phi) is 4.72. The van der Waals surface area contributed by atoms with Crippen molar-refractivity contribution in [3.8, 4) is 0 Å². The van der Waals surface area contributed by atoms with Crippen molar-refractivity contribution in [1.29, 1.82) is 0 Å². The Bertz CT molecular complexity index is 1170. The summed E-state index contributed by atoms with van der Waals surface area (Å²) in [5, 5.41) is 14.0. The minimum atomic E-state index is -0.645. The number of likely N-dealkylation sites (tertiary alicyclic amines) is 1. The molecular weight excluding hydrogens is 400 g/mol.